The summed E-state index contributed by atoms with van der Waals surface area (Å²) in [7, 11) is 0. The van der Waals surface area contributed by atoms with E-state index in [9.17, 15) is 19.2 Å². The molecule has 0 radical (unpaired) electrons. The molecule has 0 fully saturated rings. The normalized spacial score (nSPS) is 17.6. The molecular formula is C24H29N3O6. The maximum absolute atomic E-state index is 13.0. The first-order valence-electron chi connectivity index (χ1n) is 11.1. The van der Waals surface area contributed by atoms with E-state index in [2.05, 4.69) is 15.8 Å². The minimum atomic E-state index is -0.829. The van der Waals surface area contributed by atoms with Crippen molar-refractivity contribution in [2.75, 3.05) is 0 Å². The monoisotopic (exact) mass is 455 g/mol. The summed E-state index contributed by atoms with van der Waals surface area (Å²) in [6.45, 7) is 3.76. The number of amides is 2. The predicted molar refractivity (Wildman–Crippen MR) is 118 cm³/mol. The Balaban J connectivity index is 1.61. The zero-order chi connectivity index (χ0) is 23.8. The molecule has 33 heavy (non-hydrogen) atoms. The van der Waals surface area contributed by atoms with Gasteiger partial charge in [-0.1, -0.05) is 49.3 Å². The fourth-order valence-electron chi connectivity index (χ4n) is 3.81. The van der Waals surface area contributed by atoms with Gasteiger partial charge in [-0.25, -0.2) is 4.79 Å². The second-order valence-corrected chi connectivity index (χ2v) is 8.51. The van der Waals surface area contributed by atoms with Crippen molar-refractivity contribution in [2.24, 2.45) is 11.8 Å². The van der Waals surface area contributed by atoms with Gasteiger partial charge < -0.3 is 19.9 Å². The van der Waals surface area contributed by atoms with Crippen LogP contribution in [0.25, 0.3) is 0 Å². The molecule has 2 atom stereocenters. The van der Waals surface area contributed by atoms with Gasteiger partial charge in [-0.15, -0.1) is 0 Å². The number of hydrogen-bond acceptors (Lipinski definition) is 7. The lowest BCUT2D eigenvalue weighted by Crippen LogP contribution is -2.46. The van der Waals surface area contributed by atoms with Crippen molar-refractivity contribution < 1.29 is 28.4 Å². The highest BCUT2D eigenvalue weighted by atomic mass is 16.5. The van der Waals surface area contributed by atoms with Crippen LogP contribution in [0.2, 0.25) is 0 Å². The molecule has 0 bridgehead atoms. The third kappa shape index (κ3) is 6.74. The highest BCUT2D eigenvalue weighted by Gasteiger charge is 2.33. The van der Waals surface area contributed by atoms with E-state index in [1.807, 2.05) is 30.3 Å². The van der Waals surface area contributed by atoms with E-state index < -0.39 is 29.7 Å². The number of hydrogen-bond donors (Lipinski definition) is 2. The Kier molecular flexibility index (Phi) is 8.34. The summed E-state index contributed by atoms with van der Waals surface area (Å²) in [4.78, 5) is 50.4. The van der Waals surface area contributed by atoms with Crippen LogP contribution in [0.5, 0.6) is 0 Å². The summed E-state index contributed by atoms with van der Waals surface area (Å²) in [5.74, 6) is -2.15. The van der Waals surface area contributed by atoms with Gasteiger partial charge in [0.1, 0.15) is 6.61 Å². The summed E-state index contributed by atoms with van der Waals surface area (Å²) < 4.78 is 10.4. The van der Waals surface area contributed by atoms with E-state index in [0.29, 0.717) is 25.0 Å². The average molecular weight is 456 g/mol. The second kappa shape index (κ2) is 11.4. The smallest absolute Gasteiger partial charge is 0.408 e. The van der Waals surface area contributed by atoms with E-state index in [-0.39, 0.29) is 31.3 Å². The second-order valence-electron chi connectivity index (χ2n) is 8.51. The van der Waals surface area contributed by atoms with Gasteiger partial charge in [-0.2, -0.15) is 0 Å². The van der Waals surface area contributed by atoms with E-state index >= 15 is 0 Å². The van der Waals surface area contributed by atoms with Gasteiger partial charge in [0.2, 0.25) is 5.78 Å². The quantitative estimate of drug-likeness (QED) is 0.615. The van der Waals surface area contributed by atoms with Crippen molar-refractivity contribution in [1.82, 2.24) is 15.8 Å². The maximum atomic E-state index is 13.0. The Morgan fingerprint density at radius 1 is 1.24 bits per heavy atom. The summed E-state index contributed by atoms with van der Waals surface area (Å²) in [6, 6.07) is 8.38. The molecule has 0 saturated heterocycles. The number of benzene rings is 1. The fraction of sp³-hybridized carbons (Fsp3) is 0.458. The summed E-state index contributed by atoms with van der Waals surface area (Å²) >= 11 is 0. The lowest BCUT2D eigenvalue weighted by Gasteiger charge is -2.23. The van der Waals surface area contributed by atoms with Gasteiger partial charge in [0, 0.05) is 17.9 Å². The van der Waals surface area contributed by atoms with Crippen LogP contribution < -0.4 is 10.6 Å². The molecule has 0 spiro atoms. The zero-order valence-electron chi connectivity index (χ0n) is 18.8. The number of Topliss-reactive ketones (excluding diaryl/α,β-unsaturated/α-hetero) is 2. The van der Waals surface area contributed by atoms with Gasteiger partial charge in [0.05, 0.1) is 18.8 Å². The number of aromatic nitrogens is 1. The summed E-state index contributed by atoms with van der Waals surface area (Å²) in [5, 5.41) is 8.91. The molecule has 1 aromatic heterocycles. The molecule has 0 saturated carbocycles. The summed E-state index contributed by atoms with van der Waals surface area (Å²) in [5.41, 5.74) is 1.70. The van der Waals surface area contributed by atoms with Crippen molar-refractivity contribution in [2.45, 2.75) is 58.7 Å². The van der Waals surface area contributed by atoms with E-state index in [1.165, 1.54) is 0 Å². The van der Waals surface area contributed by atoms with E-state index in [0.717, 1.165) is 11.1 Å². The number of nitrogens with zero attached hydrogens (tertiary/aromatic N) is 1. The number of nitrogens with one attached hydrogen (secondary N) is 2. The number of carbonyl (C=O) groups is 4. The first kappa shape index (κ1) is 24.2. The Labute approximate surface area is 192 Å². The number of rotatable bonds is 7. The molecule has 2 heterocycles. The Hall–Kier alpha value is -3.49. The van der Waals surface area contributed by atoms with Crippen LogP contribution in [0.4, 0.5) is 4.79 Å². The molecule has 1 aromatic carbocycles. The highest BCUT2D eigenvalue weighted by Crippen LogP contribution is 2.21. The van der Waals surface area contributed by atoms with Crippen molar-refractivity contribution in [1.29, 1.82) is 0 Å². The SMILES string of the molecule is CC(C)C(NC(=O)OCc1ccccc1)C(=O)CC1CCCc2cnoc2CNC(=O)C1=O. The number of fused-ring (bicyclic) bond motifs is 1. The van der Waals surface area contributed by atoms with Gasteiger partial charge in [-0.3, -0.25) is 14.4 Å². The molecule has 0 aliphatic carbocycles. The molecule has 2 unspecified atom stereocenters. The van der Waals surface area contributed by atoms with Crippen LogP contribution in [0, 0.1) is 11.8 Å². The Morgan fingerprint density at radius 2 is 2.00 bits per heavy atom. The fourth-order valence-corrected chi connectivity index (χ4v) is 3.81. The van der Waals surface area contributed by atoms with Gasteiger partial charge in [-0.05, 0) is 30.7 Å². The van der Waals surface area contributed by atoms with Crippen molar-refractivity contribution in [3.05, 3.63) is 53.4 Å². The maximum Gasteiger partial charge on any atom is 0.408 e. The number of ketones is 2. The Morgan fingerprint density at radius 3 is 2.73 bits per heavy atom. The number of alkyl carbamates (subject to hydrolysis) is 1. The molecule has 2 amide bonds. The molecule has 9 nitrogen and oxygen atoms in total. The minimum Gasteiger partial charge on any atom is -0.445 e. The van der Waals surface area contributed by atoms with Crippen molar-refractivity contribution >= 4 is 23.6 Å². The third-order valence-corrected chi connectivity index (χ3v) is 5.68. The lowest BCUT2D eigenvalue weighted by molar-refractivity contribution is -0.141. The van der Waals surface area contributed by atoms with Gasteiger partial charge in [0.15, 0.2) is 11.5 Å². The molecule has 2 aromatic rings. The minimum absolute atomic E-state index is 0.0734. The number of carbonyl (C=O) groups excluding carboxylic acids is 4. The molecule has 9 heteroatoms. The number of ether oxygens (including phenoxy) is 1. The molecule has 2 N–H and O–H groups in total. The Bertz CT molecular complexity index is 985. The lowest BCUT2D eigenvalue weighted by atomic mass is 9.86. The zero-order valence-corrected chi connectivity index (χ0v) is 18.8. The van der Waals surface area contributed by atoms with Crippen LogP contribution in [0.15, 0.2) is 41.1 Å². The van der Waals surface area contributed by atoms with E-state index in [4.69, 9.17) is 9.26 Å². The van der Waals surface area contributed by atoms with E-state index in [1.54, 1.807) is 20.0 Å². The van der Waals surface area contributed by atoms with Crippen molar-refractivity contribution in [3.8, 4) is 0 Å². The van der Waals surface area contributed by atoms with Crippen LogP contribution >= 0.6 is 0 Å². The summed E-state index contributed by atoms with van der Waals surface area (Å²) in [6.07, 6.45) is 2.36. The molecular weight excluding hydrogens is 426 g/mol. The highest BCUT2D eigenvalue weighted by molar-refractivity contribution is 6.37. The molecule has 1 aliphatic rings. The van der Waals surface area contributed by atoms with Crippen molar-refractivity contribution in [3.63, 3.8) is 0 Å². The van der Waals surface area contributed by atoms with Gasteiger partial charge >= 0.3 is 6.09 Å². The first-order valence-corrected chi connectivity index (χ1v) is 11.1. The molecule has 3 rings (SSSR count). The van der Waals surface area contributed by atoms with Crippen LogP contribution in [-0.4, -0.2) is 34.8 Å². The third-order valence-electron chi connectivity index (χ3n) is 5.68. The first-order chi connectivity index (χ1) is 15.8. The topological polar surface area (TPSA) is 128 Å². The standard InChI is InChI=1S/C24H29N3O6/c1-15(2)21(27-24(31)32-14-16-7-4-3-5-8-16)19(28)11-17-9-6-10-18-12-26-33-20(18)13-25-23(30)22(17)29/h3-5,7-8,12,15,17,21H,6,9-11,13-14H2,1-2H3,(H,25,30)(H,27,31). The molecule has 1 aliphatic heterocycles. The predicted octanol–water partition coefficient (Wildman–Crippen LogP) is 2.72. The van der Waals surface area contributed by atoms with Crippen LogP contribution in [0.3, 0.4) is 0 Å². The van der Waals surface area contributed by atoms with Crippen LogP contribution in [-0.2, 0) is 38.7 Å². The molecule has 176 valence electrons. The number of aryl methyl sites for hydroxylation is 1. The van der Waals surface area contributed by atoms with Gasteiger partial charge in [0.25, 0.3) is 5.91 Å². The largest absolute Gasteiger partial charge is 0.445 e. The average Bonchev–Trinajstić information content (AvgIpc) is 3.25. The van der Waals surface area contributed by atoms with Crippen LogP contribution in [0.1, 0.15) is 50.0 Å².